The molecule has 0 aliphatic heterocycles. The molecule has 1 heterocycles. The summed E-state index contributed by atoms with van der Waals surface area (Å²) < 4.78 is 28.3. The van der Waals surface area contributed by atoms with Gasteiger partial charge in [0.05, 0.1) is 11.2 Å². The van der Waals surface area contributed by atoms with Crippen LogP contribution in [0, 0.1) is 0 Å². The highest BCUT2D eigenvalue weighted by Gasteiger charge is 2.21. The quantitative estimate of drug-likeness (QED) is 0.943. The lowest BCUT2D eigenvalue weighted by molar-refractivity contribution is 0.411. The van der Waals surface area contributed by atoms with Crippen LogP contribution in [0.15, 0.2) is 45.9 Å². The van der Waals surface area contributed by atoms with Crippen molar-refractivity contribution in [1.29, 1.82) is 0 Å². The van der Waals surface area contributed by atoms with E-state index in [9.17, 15) is 8.42 Å². The molecule has 0 spiro atoms. The average molecular weight is 305 g/mol. The summed E-state index contributed by atoms with van der Waals surface area (Å²) >= 11 is 0. The summed E-state index contributed by atoms with van der Waals surface area (Å²) in [5.41, 5.74) is 2.34. The van der Waals surface area contributed by atoms with Gasteiger partial charge in [0.2, 0.25) is 0 Å². The number of nitrogens with one attached hydrogen (secondary N) is 1. The van der Waals surface area contributed by atoms with Crippen LogP contribution in [-0.4, -0.2) is 14.7 Å². The van der Waals surface area contributed by atoms with Crippen LogP contribution in [0.4, 0.5) is 0 Å². The molecular formula is C16H19NO3S. The topological polar surface area (TPSA) is 59.3 Å². The van der Waals surface area contributed by atoms with Gasteiger partial charge in [0.25, 0.3) is 0 Å². The Labute approximate surface area is 125 Å². The van der Waals surface area contributed by atoms with Crippen LogP contribution in [0.25, 0.3) is 0 Å². The molecule has 1 atom stereocenters. The van der Waals surface area contributed by atoms with E-state index in [1.54, 1.807) is 18.4 Å². The summed E-state index contributed by atoms with van der Waals surface area (Å²) in [6.07, 6.45) is 6.23. The average Bonchev–Trinajstić information content (AvgIpc) is 2.93. The molecule has 3 rings (SSSR count). The Kier molecular flexibility index (Phi) is 3.87. The van der Waals surface area contributed by atoms with Crippen LogP contribution in [0.5, 0.6) is 0 Å². The summed E-state index contributed by atoms with van der Waals surface area (Å²) in [4.78, 5) is 0.362. The minimum atomic E-state index is -3.12. The van der Waals surface area contributed by atoms with E-state index in [4.69, 9.17) is 4.42 Å². The van der Waals surface area contributed by atoms with E-state index >= 15 is 0 Å². The van der Waals surface area contributed by atoms with Gasteiger partial charge in [-0.25, -0.2) is 8.42 Å². The lowest BCUT2D eigenvalue weighted by Crippen LogP contribution is -2.24. The number of sulfone groups is 1. The van der Waals surface area contributed by atoms with Gasteiger partial charge in [-0.2, -0.15) is 0 Å². The van der Waals surface area contributed by atoms with Crippen LogP contribution in [0.2, 0.25) is 0 Å². The van der Waals surface area contributed by atoms with E-state index in [1.807, 2.05) is 18.2 Å². The van der Waals surface area contributed by atoms with Crippen molar-refractivity contribution in [2.75, 3.05) is 6.26 Å². The number of rotatable bonds is 4. The third-order valence-corrected chi connectivity index (χ3v) is 5.08. The van der Waals surface area contributed by atoms with Gasteiger partial charge in [0.1, 0.15) is 5.76 Å². The molecule has 1 unspecified atom stereocenters. The van der Waals surface area contributed by atoms with Crippen LogP contribution >= 0.6 is 0 Å². The van der Waals surface area contributed by atoms with Crippen molar-refractivity contribution in [1.82, 2.24) is 5.32 Å². The van der Waals surface area contributed by atoms with Gasteiger partial charge in [-0.3, -0.25) is 0 Å². The second-order valence-corrected chi connectivity index (χ2v) is 7.56. The molecule has 1 aromatic heterocycles. The van der Waals surface area contributed by atoms with Gasteiger partial charge in [0, 0.05) is 30.8 Å². The standard InChI is InChI=1S/C16H19NO3S/c1-21(18,19)13-7-5-12(6-8-13)11-17-15-3-2-4-16-14(15)9-10-20-16/h5-10,15,17H,2-4,11H2,1H3. The zero-order chi connectivity index (χ0) is 14.9. The largest absolute Gasteiger partial charge is 0.469 e. The number of benzene rings is 1. The first-order valence-corrected chi connectivity index (χ1v) is 9.02. The lowest BCUT2D eigenvalue weighted by Gasteiger charge is -2.22. The summed E-state index contributed by atoms with van der Waals surface area (Å²) in [6, 6.07) is 9.42. The lowest BCUT2D eigenvalue weighted by atomic mass is 9.93. The first-order valence-electron chi connectivity index (χ1n) is 7.13. The van der Waals surface area contributed by atoms with Crippen LogP contribution < -0.4 is 5.32 Å². The van der Waals surface area contributed by atoms with E-state index in [2.05, 4.69) is 5.32 Å². The molecule has 1 N–H and O–H groups in total. The highest BCUT2D eigenvalue weighted by atomic mass is 32.2. The molecule has 4 nitrogen and oxygen atoms in total. The maximum atomic E-state index is 11.4. The fourth-order valence-electron chi connectivity index (χ4n) is 2.79. The zero-order valence-corrected chi connectivity index (χ0v) is 12.8. The number of hydrogen-bond acceptors (Lipinski definition) is 4. The number of furan rings is 1. The van der Waals surface area contributed by atoms with Crippen molar-refractivity contribution >= 4 is 9.84 Å². The molecule has 0 radical (unpaired) electrons. The Morgan fingerprint density at radius 2 is 2.00 bits per heavy atom. The predicted octanol–water partition coefficient (Wildman–Crippen LogP) is 2.85. The van der Waals surface area contributed by atoms with Crippen molar-refractivity contribution < 1.29 is 12.8 Å². The van der Waals surface area contributed by atoms with Crippen LogP contribution in [-0.2, 0) is 22.8 Å². The number of aryl methyl sites for hydroxylation is 1. The minimum Gasteiger partial charge on any atom is -0.469 e. The summed E-state index contributed by atoms with van der Waals surface area (Å²) in [5.74, 6) is 1.09. The van der Waals surface area contributed by atoms with Crippen molar-refractivity contribution in [2.24, 2.45) is 0 Å². The van der Waals surface area contributed by atoms with Gasteiger partial charge in [-0.05, 0) is 36.6 Å². The molecule has 0 amide bonds. The monoisotopic (exact) mass is 305 g/mol. The Balaban J connectivity index is 1.67. The number of hydrogen-bond donors (Lipinski definition) is 1. The van der Waals surface area contributed by atoms with Gasteiger partial charge in [-0.15, -0.1) is 0 Å². The smallest absolute Gasteiger partial charge is 0.175 e. The molecule has 1 aliphatic carbocycles. The molecule has 1 aliphatic rings. The maximum absolute atomic E-state index is 11.4. The fraction of sp³-hybridized carbons (Fsp3) is 0.375. The van der Waals surface area contributed by atoms with E-state index in [0.29, 0.717) is 10.9 Å². The first kappa shape index (κ1) is 14.4. The molecule has 0 bridgehead atoms. The predicted molar refractivity (Wildman–Crippen MR) is 80.8 cm³/mol. The van der Waals surface area contributed by atoms with Gasteiger partial charge >= 0.3 is 0 Å². The molecule has 0 saturated carbocycles. The van der Waals surface area contributed by atoms with E-state index in [-0.39, 0.29) is 0 Å². The SMILES string of the molecule is CS(=O)(=O)c1ccc(CNC2CCCc3occc32)cc1. The summed E-state index contributed by atoms with van der Waals surface area (Å²) in [5, 5.41) is 3.53. The highest BCUT2D eigenvalue weighted by Crippen LogP contribution is 2.30. The molecule has 1 aromatic carbocycles. The molecule has 5 heteroatoms. The van der Waals surface area contributed by atoms with E-state index < -0.39 is 9.84 Å². The van der Waals surface area contributed by atoms with Crippen molar-refractivity contribution in [2.45, 2.75) is 36.7 Å². The molecule has 2 aromatic rings. The Hall–Kier alpha value is -1.59. The molecule has 0 fully saturated rings. The van der Waals surface area contributed by atoms with Gasteiger partial charge < -0.3 is 9.73 Å². The van der Waals surface area contributed by atoms with Gasteiger partial charge in [0.15, 0.2) is 9.84 Å². The molecule has 112 valence electrons. The second kappa shape index (κ2) is 5.66. The van der Waals surface area contributed by atoms with Crippen LogP contribution in [0.1, 0.15) is 35.8 Å². The summed E-state index contributed by atoms with van der Waals surface area (Å²) in [7, 11) is -3.12. The third kappa shape index (κ3) is 3.19. The van der Waals surface area contributed by atoms with Crippen LogP contribution in [0.3, 0.4) is 0 Å². The zero-order valence-electron chi connectivity index (χ0n) is 12.0. The fourth-order valence-corrected chi connectivity index (χ4v) is 3.42. The highest BCUT2D eigenvalue weighted by molar-refractivity contribution is 7.90. The maximum Gasteiger partial charge on any atom is 0.175 e. The van der Waals surface area contributed by atoms with E-state index in [1.165, 1.54) is 11.8 Å². The molecular weight excluding hydrogens is 286 g/mol. The minimum absolute atomic E-state index is 0.321. The normalized spacial score (nSPS) is 18.4. The molecule has 0 saturated heterocycles. The van der Waals surface area contributed by atoms with Crippen molar-refractivity contribution in [3.63, 3.8) is 0 Å². The summed E-state index contributed by atoms with van der Waals surface area (Å²) in [6.45, 7) is 0.722. The van der Waals surface area contributed by atoms with Gasteiger partial charge in [-0.1, -0.05) is 12.1 Å². The Bertz CT molecular complexity index is 716. The third-order valence-electron chi connectivity index (χ3n) is 3.96. The van der Waals surface area contributed by atoms with E-state index in [0.717, 1.165) is 37.1 Å². The van der Waals surface area contributed by atoms with Crippen molar-refractivity contribution in [3.05, 3.63) is 53.5 Å². The Morgan fingerprint density at radius 3 is 2.71 bits per heavy atom. The first-order chi connectivity index (χ1) is 10.0. The molecule has 21 heavy (non-hydrogen) atoms. The Morgan fingerprint density at radius 1 is 1.24 bits per heavy atom. The second-order valence-electron chi connectivity index (χ2n) is 5.54. The van der Waals surface area contributed by atoms with Crippen molar-refractivity contribution in [3.8, 4) is 0 Å². The number of fused-ring (bicyclic) bond motifs is 1.